The van der Waals surface area contributed by atoms with Crippen molar-refractivity contribution >= 4 is 5.91 Å². The van der Waals surface area contributed by atoms with Crippen LogP contribution in [-0.2, 0) is 13.5 Å². The number of aromatic nitrogens is 3. The van der Waals surface area contributed by atoms with Crippen LogP contribution in [0.4, 0.5) is 0 Å². The number of hydrogen-bond acceptors (Lipinski definition) is 4. The van der Waals surface area contributed by atoms with Crippen LogP contribution >= 0.6 is 0 Å². The first-order valence-electron chi connectivity index (χ1n) is 7.86. The summed E-state index contributed by atoms with van der Waals surface area (Å²) in [6.07, 6.45) is 5.70. The molecule has 0 spiro atoms. The summed E-state index contributed by atoms with van der Waals surface area (Å²) in [4.78, 5) is 19.2. The van der Waals surface area contributed by atoms with E-state index in [-0.39, 0.29) is 11.9 Å². The molecule has 6 nitrogen and oxygen atoms in total. The van der Waals surface area contributed by atoms with E-state index >= 15 is 0 Å². The molecule has 2 aromatic rings. The number of rotatable bonds is 4. The zero-order chi connectivity index (χ0) is 15.7. The highest BCUT2D eigenvalue weighted by Crippen LogP contribution is 2.32. The minimum Gasteiger partial charge on any atom is -0.361 e. The van der Waals surface area contributed by atoms with Gasteiger partial charge in [-0.15, -0.1) is 0 Å². The second-order valence-corrected chi connectivity index (χ2v) is 5.94. The van der Waals surface area contributed by atoms with Gasteiger partial charge < -0.3 is 14.0 Å². The number of amides is 1. The Morgan fingerprint density at radius 2 is 2.32 bits per heavy atom. The number of imidazole rings is 1. The maximum absolute atomic E-state index is 12.7. The lowest BCUT2D eigenvalue weighted by Crippen LogP contribution is -2.32. The number of likely N-dealkylation sites (tertiary alicyclic amines) is 1. The fraction of sp³-hybridized carbons (Fsp3) is 0.562. The molecule has 0 unspecified atom stereocenters. The molecule has 1 fully saturated rings. The molecule has 3 rings (SSSR count). The van der Waals surface area contributed by atoms with Crippen LogP contribution < -0.4 is 0 Å². The number of aryl methyl sites for hydroxylation is 3. The first kappa shape index (κ1) is 14.8. The summed E-state index contributed by atoms with van der Waals surface area (Å²) in [5.74, 6) is 1.66. The van der Waals surface area contributed by atoms with E-state index in [4.69, 9.17) is 4.52 Å². The monoisotopic (exact) mass is 302 g/mol. The number of nitrogens with zero attached hydrogens (tertiary/aromatic N) is 4. The minimum atomic E-state index is -0.0609. The Morgan fingerprint density at radius 3 is 3.00 bits per heavy atom. The molecule has 2 aromatic heterocycles. The summed E-state index contributed by atoms with van der Waals surface area (Å²) in [6, 6.07) is 1.79. The summed E-state index contributed by atoms with van der Waals surface area (Å²) < 4.78 is 7.25. The van der Waals surface area contributed by atoms with Crippen LogP contribution in [0.1, 0.15) is 60.0 Å². The second-order valence-electron chi connectivity index (χ2n) is 5.94. The zero-order valence-electron chi connectivity index (χ0n) is 13.4. The van der Waals surface area contributed by atoms with Crippen LogP contribution in [0.3, 0.4) is 0 Å². The Balaban J connectivity index is 1.82. The van der Waals surface area contributed by atoms with Crippen LogP contribution in [0.2, 0.25) is 0 Å². The van der Waals surface area contributed by atoms with Gasteiger partial charge in [0.1, 0.15) is 11.6 Å². The van der Waals surface area contributed by atoms with Gasteiger partial charge >= 0.3 is 0 Å². The third kappa shape index (κ3) is 2.65. The normalized spacial score (nSPS) is 18.1. The van der Waals surface area contributed by atoms with Crippen molar-refractivity contribution in [3.63, 3.8) is 0 Å². The third-order valence-electron chi connectivity index (χ3n) is 4.12. The van der Waals surface area contributed by atoms with Crippen molar-refractivity contribution in [1.82, 2.24) is 19.6 Å². The molecule has 0 radical (unpaired) electrons. The van der Waals surface area contributed by atoms with Gasteiger partial charge in [-0.25, -0.2) is 4.98 Å². The van der Waals surface area contributed by atoms with E-state index in [1.165, 1.54) is 0 Å². The van der Waals surface area contributed by atoms with E-state index in [1.54, 1.807) is 6.07 Å². The zero-order valence-corrected chi connectivity index (χ0v) is 13.4. The van der Waals surface area contributed by atoms with E-state index in [0.717, 1.165) is 49.5 Å². The van der Waals surface area contributed by atoms with Gasteiger partial charge in [0.25, 0.3) is 5.91 Å². The molecule has 0 bridgehead atoms. The highest BCUT2D eigenvalue weighted by molar-refractivity contribution is 5.92. The molecule has 1 atom stereocenters. The smallest absolute Gasteiger partial charge is 0.276 e. The molecule has 22 heavy (non-hydrogen) atoms. The summed E-state index contributed by atoms with van der Waals surface area (Å²) in [6.45, 7) is 4.79. The minimum absolute atomic E-state index is 0.0255. The van der Waals surface area contributed by atoms with Crippen molar-refractivity contribution < 1.29 is 9.32 Å². The second kappa shape index (κ2) is 5.94. The predicted octanol–water partition coefficient (Wildman–Crippen LogP) is 2.65. The third-order valence-corrected chi connectivity index (χ3v) is 4.12. The number of hydrogen-bond donors (Lipinski definition) is 0. The number of carbonyl (C=O) groups excluding carboxylic acids is 1. The van der Waals surface area contributed by atoms with Crippen molar-refractivity contribution in [1.29, 1.82) is 0 Å². The molecular weight excluding hydrogens is 280 g/mol. The fourth-order valence-electron chi connectivity index (χ4n) is 3.15. The van der Waals surface area contributed by atoms with Gasteiger partial charge in [-0.1, -0.05) is 12.1 Å². The van der Waals surface area contributed by atoms with Gasteiger partial charge in [-0.3, -0.25) is 4.79 Å². The van der Waals surface area contributed by atoms with Gasteiger partial charge in [-0.05, 0) is 26.2 Å². The van der Waals surface area contributed by atoms with Crippen LogP contribution in [0.15, 0.2) is 16.8 Å². The molecular formula is C16H22N4O2. The lowest BCUT2D eigenvalue weighted by atomic mass is 10.2. The van der Waals surface area contributed by atoms with Crippen LogP contribution in [0.25, 0.3) is 0 Å². The Hall–Kier alpha value is -2.11. The van der Waals surface area contributed by atoms with Crippen LogP contribution in [0, 0.1) is 6.92 Å². The Labute approximate surface area is 130 Å². The highest BCUT2D eigenvalue weighted by Gasteiger charge is 2.34. The van der Waals surface area contributed by atoms with E-state index in [0.29, 0.717) is 5.69 Å². The molecule has 0 saturated carbocycles. The van der Waals surface area contributed by atoms with E-state index in [1.807, 2.05) is 29.6 Å². The van der Waals surface area contributed by atoms with Gasteiger partial charge in [0, 0.05) is 32.3 Å². The molecule has 1 aliphatic rings. The summed E-state index contributed by atoms with van der Waals surface area (Å²) in [5, 5.41) is 3.94. The molecule has 1 amide bonds. The largest absolute Gasteiger partial charge is 0.361 e. The van der Waals surface area contributed by atoms with Crippen molar-refractivity contribution in [2.45, 2.75) is 45.6 Å². The molecule has 6 heteroatoms. The predicted molar refractivity (Wildman–Crippen MR) is 81.5 cm³/mol. The molecule has 0 N–H and O–H groups in total. The maximum Gasteiger partial charge on any atom is 0.276 e. The van der Waals surface area contributed by atoms with Crippen molar-refractivity contribution in [2.75, 3.05) is 6.54 Å². The topological polar surface area (TPSA) is 64.2 Å². The van der Waals surface area contributed by atoms with E-state index in [9.17, 15) is 4.79 Å². The van der Waals surface area contributed by atoms with Gasteiger partial charge in [0.15, 0.2) is 5.69 Å². The first-order chi connectivity index (χ1) is 10.6. The van der Waals surface area contributed by atoms with Gasteiger partial charge in [-0.2, -0.15) is 0 Å². The van der Waals surface area contributed by atoms with Gasteiger partial charge in [0.05, 0.1) is 11.7 Å². The molecule has 0 aliphatic carbocycles. The fourth-order valence-corrected chi connectivity index (χ4v) is 3.15. The van der Waals surface area contributed by atoms with E-state index < -0.39 is 0 Å². The molecule has 0 aromatic carbocycles. The molecule has 1 saturated heterocycles. The standard InChI is InChI=1S/C16H22N4O2/c1-4-6-12-9-13(18-22-12)16(21)20-8-5-7-14(20)15-17-11(2)10-19(15)3/h9-10,14H,4-8H2,1-3H3/t14-/m0/s1. The van der Waals surface area contributed by atoms with Crippen LogP contribution in [0.5, 0.6) is 0 Å². The average molecular weight is 302 g/mol. The SMILES string of the molecule is CCCc1cc(C(=O)N2CCC[C@H]2c2nc(C)cn2C)no1. The van der Waals surface area contributed by atoms with Gasteiger partial charge in [0.2, 0.25) is 0 Å². The molecule has 1 aliphatic heterocycles. The number of carbonyl (C=O) groups is 1. The average Bonchev–Trinajstić information content (AvgIpc) is 3.18. The Bertz CT molecular complexity index is 673. The summed E-state index contributed by atoms with van der Waals surface area (Å²) in [7, 11) is 1.98. The lowest BCUT2D eigenvalue weighted by molar-refractivity contribution is 0.0717. The summed E-state index contributed by atoms with van der Waals surface area (Å²) in [5.41, 5.74) is 1.38. The van der Waals surface area contributed by atoms with Crippen LogP contribution in [-0.4, -0.2) is 32.1 Å². The van der Waals surface area contributed by atoms with E-state index in [2.05, 4.69) is 17.1 Å². The molecule has 118 valence electrons. The molecule has 3 heterocycles. The van der Waals surface area contributed by atoms with Crippen molar-refractivity contribution in [3.05, 3.63) is 35.2 Å². The Morgan fingerprint density at radius 1 is 1.50 bits per heavy atom. The Kier molecular flexibility index (Phi) is 4.00. The lowest BCUT2D eigenvalue weighted by Gasteiger charge is -2.23. The highest BCUT2D eigenvalue weighted by atomic mass is 16.5. The maximum atomic E-state index is 12.7. The van der Waals surface area contributed by atoms with Crippen molar-refractivity contribution in [3.8, 4) is 0 Å². The quantitative estimate of drug-likeness (QED) is 0.871. The first-order valence-corrected chi connectivity index (χ1v) is 7.86. The summed E-state index contributed by atoms with van der Waals surface area (Å²) >= 11 is 0. The van der Waals surface area contributed by atoms with Crippen molar-refractivity contribution in [2.24, 2.45) is 7.05 Å².